The summed E-state index contributed by atoms with van der Waals surface area (Å²) >= 11 is 0. The first kappa shape index (κ1) is 14.7. The number of benzene rings is 1. The minimum atomic E-state index is 0.0290. The summed E-state index contributed by atoms with van der Waals surface area (Å²) in [5, 5.41) is 31.0. The van der Waals surface area contributed by atoms with Crippen LogP contribution >= 0.6 is 0 Å². The second kappa shape index (κ2) is 6.29. The van der Waals surface area contributed by atoms with Gasteiger partial charge in [0.05, 0.1) is 19.8 Å². The van der Waals surface area contributed by atoms with Crippen molar-refractivity contribution in [2.75, 3.05) is 44.7 Å². The van der Waals surface area contributed by atoms with Crippen molar-refractivity contribution in [2.24, 2.45) is 0 Å². The van der Waals surface area contributed by atoms with E-state index in [-0.39, 0.29) is 11.5 Å². The van der Waals surface area contributed by atoms with Crippen LogP contribution in [0.1, 0.15) is 5.56 Å². The number of rotatable bonds is 4. The molecule has 0 spiro atoms. The van der Waals surface area contributed by atoms with Crippen LogP contribution in [0.3, 0.4) is 0 Å². The van der Waals surface area contributed by atoms with E-state index in [2.05, 4.69) is 15.3 Å². The minimum Gasteiger partial charge on any atom is -0.739 e. The number of fused-ring (bicyclic) bond motifs is 1. The first-order valence-corrected chi connectivity index (χ1v) is 7.33. The van der Waals surface area contributed by atoms with Crippen molar-refractivity contribution >= 4 is 17.0 Å². The summed E-state index contributed by atoms with van der Waals surface area (Å²) in [5.41, 5.74) is 1.50. The SMILES string of the molecule is Cc1ccc2c(c1)[n+]([O-])c(NCCN1CCOCC1)n[n+]2[O-]. The number of aromatic nitrogens is 3. The molecule has 22 heavy (non-hydrogen) atoms. The molecule has 1 saturated heterocycles. The van der Waals surface area contributed by atoms with Gasteiger partial charge in [0.25, 0.3) is 5.52 Å². The van der Waals surface area contributed by atoms with Gasteiger partial charge in [-0.15, -0.1) is 0 Å². The van der Waals surface area contributed by atoms with Crippen molar-refractivity contribution in [1.29, 1.82) is 0 Å². The number of nitrogens with zero attached hydrogens (tertiary/aromatic N) is 4. The third kappa shape index (κ3) is 3.02. The van der Waals surface area contributed by atoms with Gasteiger partial charge in [-0.05, 0) is 18.6 Å². The van der Waals surface area contributed by atoms with Gasteiger partial charge in [0.1, 0.15) is 0 Å². The van der Waals surface area contributed by atoms with E-state index in [4.69, 9.17) is 4.74 Å². The Morgan fingerprint density at radius 2 is 2.05 bits per heavy atom. The summed E-state index contributed by atoms with van der Waals surface area (Å²) < 4.78 is 5.96. The molecule has 2 aromatic rings. The van der Waals surface area contributed by atoms with E-state index in [1.54, 1.807) is 18.2 Å². The van der Waals surface area contributed by atoms with Gasteiger partial charge in [-0.2, -0.15) is 0 Å². The summed E-state index contributed by atoms with van der Waals surface area (Å²) in [4.78, 5) is 2.72. The summed E-state index contributed by atoms with van der Waals surface area (Å²) in [6.45, 7) is 6.42. The zero-order valence-electron chi connectivity index (χ0n) is 12.5. The number of aryl methyl sites for hydroxylation is 1. The lowest BCUT2D eigenvalue weighted by Gasteiger charge is -2.25. The molecule has 0 saturated carbocycles. The Balaban J connectivity index is 1.74. The maximum atomic E-state index is 12.3. The van der Waals surface area contributed by atoms with E-state index in [1.807, 2.05) is 6.92 Å². The van der Waals surface area contributed by atoms with E-state index in [0.29, 0.717) is 21.6 Å². The van der Waals surface area contributed by atoms with Gasteiger partial charge >= 0.3 is 5.95 Å². The zero-order valence-corrected chi connectivity index (χ0v) is 12.5. The molecular weight excluding hydrogens is 286 g/mol. The molecule has 0 unspecified atom stereocenters. The van der Waals surface area contributed by atoms with Crippen LogP contribution in [0.15, 0.2) is 18.2 Å². The van der Waals surface area contributed by atoms with Gasteiger partial charge in [0.15, 0.2) is 5.52 Å². The van der Waals surface area contributed by atoms with Crippen LogP contribution in [0.2, 0.25) is 0 Å². The number of ether oxygens (including phenoxy) is 1. The van der Waals surface area contributed by atoms with Crippen molar-refractivity contribution in [3.05, 3.63) is 34.2 Å². The van der Waals surface area contributed by atoms with Gasteiger partial charge in [-0.25, -0.2) is 4.73 Å². The Kier molecular flexibility index (Phi) is 4.21. The fourth-order valence-electron chi connectivity index (χ4n) is 2.51. The maximum Gasteiger partial charge on any atom is 0.461 e. The third-order valence-electron chi connectivity index (χ3n) is 3.75. The van der Waals surface area contributed by atoms with Crippen LogP contribution in [0, 0.1) is 17.3 Å². The third-order valence-corrected chi connectivity index (χ3v) is 3.75. The van der Waals surface area contributed by atoms with Gasteiger partial charge in [0, 0.05) is 30.5 Å². The van der Waals surface area contributed by atoms with E-state index in [1.165, 1.54) is 0 Å². The van der Waals surface area contributed by atoms with Crippen LogP contribution in [0.4, 0.5) is 5.95 Å². The molecule has 1 aliphatic rings. The first-order valence-electron chi connectivity index (χ1n) is 7.33. The maximum absolute atomic E-state index is 12.3. The number of nitrogens with one attached hydrogen (secondary N) is 1. The Labute approximate surface area is 128 Å². The number of hydrogen-bond donors (Lipinski definition) is 1. The average molecular weight is 305 g/mol. The molecule has 0 amide bonds. The lowest BCUT2D eigenvalue weighted by Crippen LogP contribution is -2.45. The molecule has 0 atom stereocenters. The van der Waals surface area contributed by atoms with E-state index in [0.717, 1.165) is 38.4 Å². The summed E-state index contributed by atoms with van der Waals surface area (Å²) in [5.74, 6) is 0.0290. The molecule has 0 aliphatic carbocycles. The van der Waals surface area contributed by atoms with E-state index >= 15 is 0 Å². The van der Waals surface area contributed by atoms with Gasteiger partial charge in [0.2, 0.25) is 5.10 Å². The smallest absolute Gasteiger partial charge is 0.461 e. The highest BCUT2D eigenvalue weighted by molar-refractivity contribution is 5.68. The molecule has 0 bridgehead atoms. The molecule has 1 aromatic carbocycles. The molecule has 118 valence electrons. The molecule has 8 nitrogen and oxygen atoms in total. The number of morpholine rings is 1. The van der Waals surface area contributed by atoms with Gasteiger partial charge < -0.3 is 15.2 Å². The van der Waals surface area contributed by atoms with Gasteiger partial charge in [-0.1, -0.05) is 6.07 Å². The summed E-state index contributed by atoms with van der Waals surface area (Å²) in [7, 11) is 0. The second-order valence-corrected chi connectivity index (χ2v) is 5.36. The molecule has 0 radical (unpaired) electrons. The number of anilines is 1. The first-order chi connectivity index (χ1) is 10.6. The van der Waals surface area contributed by atoms with Crippen molar-refractivity contribution in [3.8, 4) is 0 Å². The molecule has 2 heterocycles. The molecule has 8 heteroatoms. The topological polar surface area (TPSA) is 91.3 Å². The fourth-order valence-corrected chi connectivity index (χ4v) is 2.51. The zero-order chi connectivity index (χ0) is 15.5. The molecule has 1 aliphatic heterocycles. The van der Waals surface area contributed by atoms with Crippen molar-refractivity contribution in [3.63, 3.8) is 0 Å². The van der Waals surface area contributed by atoms with Crippen LogP contribution in [0.5, 0.6) is 0 Å². The second-order valence-electron chi connectivity index (χ2n) is 5.36. The van der Waals surface area contributed by atoms with Crippen LogP contribution in [-0.4, -0.2) is 49.4 Å². The molecule has 1 N–H and O–H groups in total. The van der Waals surface area contributed by atoms with E-state index < -0.39 is 0 Å². The van der Waals surface area contributed by atoms with Crippen LogP contribution in [0.25, 0.3) is 11.0 Å². The Bertz CT molecular complexity index is 673. The van der Waals surface area contributed by atoms with Crippen LogP contribution in [-0.2, 0) is 4.74 Å². The Morgan fingerprint density at radius 3 is 2.82 bits per heavy atom. The highest BCUT2D eigenvalue weighted by Crippen LogP contribution is 2.09. The Morgan fingerprint density at radius 1 is 1.27 bits per heavy atom. The lowest BCUT2D eigenvalue weighted by molar-refractivity contribution is -0.672. The monoisotopic (exact) mass is 305 g/mol. The predicted octanol–water partition coefficient (Wildman–Crippen LogP) is -0.446. The number of hydrogen-bond acceptors (Lipinski definition) is 6. The Hall–Kier alpha value is -2.19. The summed E-state index contributed by atoms with van der Waals surface area (Å²) in [6, 6.07) is 5.08. The van der Waals surface area contributed by atoms with Gasteiger partial charge in [-0.3, -0.25) is 10.2 Å². The molecular formula is C14H19N5O3. The molecule has 1 fully saturated rings. The highest BCUT2D eigenvalue weighted by Gasteiger charge is 2.20. The minimum absolute atomic E-state index is 0.0290. The highest BCUT2D eigenvalue weighted by atomic mass is 16.5. The normalized spacial score (nSPS) is 16.0. The standard InChI is InChI=1S/C14H19N5O3/c1-11-2-3-12-13(10-11)18(20)14(16-19(12)21)15-4-5-17-6-8-22-9-7-17/h2-3,10H,4-9H2,1H3,(H,15,16). The van der Waals surface area contributed by atoms with Crippen molar-refractivity contribution in [1.82, 2.24) is 10.00 Å². The fraction of sp³-hybridized carbons (Fsp3) is 0.500. The van der Waals surface area contributed by atoms with Crippen LogP contribution < -0.4 is 14.9 Å². The van der Waals surface area contributed by atoms with Crippen molar-refractivity contribution < 1.29 is 14.3 Å². The quantitative estimate of drug-likeness (QED) is 0.608. The van der Waals surface area contributed by atoms with Crippen molar-refractivity contribution in [2.45, 2.75) is 6.92 Å². The largest absolute Gasteiger partial charge is 0.739 e. The lowest BCUT2D eigenvalue weighted by atomic mass is 10.2. The summed E-state index contributed by atoms with van der Waals surface area (Å²) in [6.07, 6.45) is 0. The predicted molar refractivity (Wildman–Crippen MR) is 80.1 cm³/mol. The molecule has 3 rings (SSSR count). The van der Waals surface area contributed by atoms with E-state index in [9.17, 15) is 10.4 Å². The average Bonchev–Trinajstić information content (AvgIpc) is 2.53. The molecule has 1 aromatic heterocycles.